The van der Waals surface area contributed by atoms with Crippen molar-refractivity contribution in [1.82, 2.24) is 4.98 Å². The molecule has 2 nitrogen and oxygen atoms in total. The van der Waals surface area contributed by atoms with Crippen LogP contribution in [0, 0.1) is 0 Å². The SMILES string of the molecule is [2H]Oc1c([2H])nc([2H])c([2H])c1[2H]. The van der Waals surface area contributed by atoms with E-state index in [1.165, 1.54) is 0 Å². The second-order valence-electron chi connectivity index (χ2n) is 0.915. The normalized spacial score (nSPS) is 18.0. The Hall–Kier alpha value is -1.05. The van der Waals surface area contributed by atoms with Crippen LogP contribution in [-0.4, -0.2) is 11.5 Å². The van der Waals surface area contributed by atoms with Crippen LogP contribution >= 0.6 is 0 Å². The number of aromatic hydroxyl groups is 1. The predicted octanol–water partition coefficient (Wildman–Crippen LogP) is 0.787. The summed E-state index contributed by atoms with van der Waals surface area (Å²) in [7, 11) is 0. The fourth-order valence-corrected chi connectivity index (χ4v) is 0.219. The first-order valence-electron chi connectivity index (χ1n) is 4.06. The van der Waals surface area contributed by atoms with Crippen LogP contribution in [0.25, 0.3) is 0 Å². The Labute approximate surface area is 48.6 Å². The van der Waals surface area contributed by atoms with E-state index in [1.807, 2.05) is 0 Å². The quantitative estimate of drug-likeness (QED) is 0.566. The van der Waals surface area contributed by atoms with E-state index in [-0.39, 0.29) is 0 Å². The van der Waals surface area contributed by atoms with Crippen molar-refractivity contribution >= 4 is 0 Å². The minimum absolute atomic E-state index is 0.393. The van der Waals surface area contributed by atoms with E-state index < -0.39 is 30.2 Å². The zero-order chi connectivity index (χ0) is 9.30. The molecule has 0 unspecified atom stereocenters. The van der Waals surface area contributed by atoms with Gasteiger partial charge < -0.3 is 5.11 Å². The van der Waals surface area contributed by atoms with E-state index in [2.05, 4.69) is 10.1 Å². The third kappa shape index (κ3) is 0.892. The summed E-state index contributed by atoms with van der Waals surface area (Å²) >= 11 is 0. The van der Waals surface area contributed by atoms with E-state index in [9.17, 15) is 0 Å². The van der Waals surface area contributed by atoms with Crippen molar-refractivity contribution in [3.63, 3.8) is 0 Å². The van der Waals surface area contributed by atoms with Gasteiger partial charge in [0.15, 0.2) is 0 Å². The Bertz CT molecular complexity index is 315. The Morgan fingerprint density at radius 2 is 3.00 bits per heavy atom. The van der Waals surface area contributed by atoms with E-state index in [4.69, 9.17) is 6.91 Å². The standard InChI is InChI=1S/C5H5NO/c7-5-2-1-3-6-4-5/h1-4,7H/i1D,2D,3D,4D/hD. The van der Waals surface area contributed by atoms with Crippen LogP contribution in [0.2, 0.25) is 0 Å². The molecule has 0 spiro atoms. The van der Waals surface area contributed by atoms with Crippen molar-refractivity contribution < 1.29 is 10.6 Å². The van der Waals surface area contributed by atoms with Gasteiger partial charge in [-0.05, 0) is 12.1 Å². The molecule has 0 aliphatic rings. The Morgan fingerprint density at radius 1 is 2.00 bits per heavy atom. The summed E-state index contributed by atoms with van der Waals surface area (Å²) in [5.41, 5.74) is 0. The minimum atomic E-state index is -0.462. The van der Waals surface area contributed by atoms with Crippen LogP contribution in [0.15, 0.2) is 24.4 Å². The molecule has 1 N–H and O–H groups in total. The summed E-state index contributed by atoms with van der Waals surface area (Å²) in [4.78, 5) is 3.29. The molecule has 2 heteroatoms. The maximum Gasteiger partial charge on any atom is 0.293 e. The second-order valence-corrected chi connectivity index (χ2v) is 0.915. The zero-order valence-electron chi connectivity index (χ0n) is 8.36. The van der Waals surface area contributed by atoms with Crippen LogP contribution < -0.4 is 0 Å². The van der Waals surface area contributed by atoms with Crippen LogP contribution in [0.4, 0.5) is 0 Å². The molecule has 0 aliphatic heterocycles. The molecule has 1 heterocycles. The third-order valence-corrected chi connectivity index (χ3v) is 0.445. The zero-order valence-corrected chi connectivity index (χ0v) is 3.36. The molecule has 0 amide bonds. The van der Waals surface area contributed by atoms with Gasteiger partial charge >= 0.3 is 0 Å². The summed E-state index contributed by atoms with van der Waals surface area (Å²) in [5.74, 6) is -0.393. The first kappa shape index (κ1) is 1.22. The van der Waals surface area contributed by atoms with Crippen LogP contribution in [0.1, 0.15) is 5.48 Å². The van der Waals surface area contributed by atoms with Crippen LogP contribution in [-0.2, 0) is 0 Å². The Balaban J connectivity index is 3.40. The van der Waals surface area contributed by atoms with Gasteiger partial charge in [-0.2, -0.15) is 0 Å². The van der Waals surface area contributed by atoms with Gasteiger partial charge in [0.1, 0.15) is 5.75 Å². The molecule has 7 heavy (non-hydrogen) atoms. The van der Waals surface area contributed by atoms with Crippen LogP contribution in [0.5, 0.6) is 5.75 Å². The molecule has 0 saturated carbocycles. The summed E-state index contributed by atoms with van der Waals surface area (Å²) in [6.07, 6.45) is -0.915. The molecule has 0 saturated heterocycles. The molecular formula is C5H5NO. The van der Waals surface area contributed by atoms with Gasteiger partial charge in [0.2, 0.25) is 0 Å². The summed E-state index contributed by atoms with van der Waals surface area (Å²) in [6.45, 7) is 0. The van der Waals surface area contributed by atoms with Crippen molar-refractivity contribution in [3.05, 3.63) is 24.4 Å². The van der Waals surface area contributed by atoms with Gasteiger partial charge in [0, 0.05) is 6.17 Å². The smallest absolute Gasteiger partial charge is 0.293 e. The van der Waals surface area contributed by atoms with Gasteiger partial charge in [-0.3, -0.25) is 4.98 Å². The van der Waals surface area contributed by atoms with Crippen molar-refractivity contribution in [3.8, 4) is 5.75 Å². The van der Waals surface area contributed by atoms with Gasteiger partial charge in [0.25, 0.3) is 1.43 Å². The summed E-state index contributed by atoms with van der Waals surface area (Å²) in [5, 5.41) is 3.92. The van der Waals surface area contributed by atoms with Crippen molar-refractivity contribution in [2.45, 2.75) is 0 Å². The number of rotatable bonds is 1. The average Bonchev–Trinajstić information content (AvgIpc) is 2.01. The van der Waals surface area contributed by atoms with Gasteiger partial charge in [-0.25, -0.2) is 0 Å². The highest BCUT2D eigenvalue weighted by atomic mass is 16.3. The number of hydrogen-bond acceptors (Lipinski definition) is 2. The predicted molar refractivity (Wildman–Crippen MR) is 25.9 cm³/mol. The molecule has 1 aromatic rings. The molecule has 0 aliphatic carbocycles. The van der Waals surface area contributed by atoms with Gasteiger partial charge in [-0.1, -0.05) is 0 Å². The van der Waals surface area contributed by atoms with Crippen molar-refractivity contribution in [2.24, 2.45) is 0 Å². The van der Waals surface area contributed by atoms with E-state index in [0.717, 1.165) is 0 Å². The number of nitrogens with zero attached hydrogens (tertiary/aromatic N) is 1. The highest BCUT2D eigenvalue weighted by Crippen LogP contribution is 1.99. The Morgan fingerprint density at radius 3 is 3.86 bits per heavy atom. The molecular weight excluding hydrogens is 90.1 g/mol. The number of hydrogen-bond donors (Lipinski definition) is 1. The molecule has 1 rings (SSSR count). The highest BCUT2D eigenvalue weighted by Gasteiger charge is 1.76. The lowest BCUT2D eigenvalue weighted by Gasteiger charge is -1.81. The average molecular weight is 100 g/mol. The second kappa shape index (κ2) is 1.60. The number of aromatic nitrogens is 1. The molecule has 0 atom stereocenters. The fourth-order valence-electron chi connectivity index (χ4n) is 0.219. The van der Waals surface area contributed by atoms with Crippen molar-refractivity contribution in [2.75, 3.05) is 0 Å². The van der Waals surface area contributed by atoms with E-state index >= 15 is 0 Å². The third-order valence-electron chi connectivity index (χ3n) is 0.445. The van der Waals surface area contributed by atoms with Gasteiger partial charge in [0.05, 0.1) is 11.7 Å². The molecule has 0 fully saturated rings. The van der Waals surface area contributed by atoms with Gasteiger partial charge in [-0.15, -0.1) is 0 Å². The molecule has 0 radical (unpaired) electrons. The fraction of sp³-hybridized carbons (Fsp3) is 0. The monoisotopic (exact) mass is 100 g/mol. The molecule has 0 bridgehead atoms. The highest BCUT2D eigenvalue weighted by molar-refractivity contribution is 5.12. The maximum absolute atomic E-state index is 7.16. The maximum atomic E-state index is 7.16. The van der Waals surface area contributed by atoms with E-state index in [0.29, 0.717) is 0 Å². The lowest BCUT2D eigenvalue weighted by molar-refractivity contribution is 0.472. The first-order valence-corrected chi connectivity index (χ1v) is 1.65. The Kier molecular flexibility index (Phi) is 0.278. The van der Waals surface area contributed by atoms with E-state index in [1.54, 1.807) is 0 Å². The summed E-state index contributed by atoms with van der Waals surface area (Å²) < 4.78 is 34.8. The lowest BCUT2D eigenvalue weighted by Crippen LogP contribution is -1.64. The van der Waals surface area contributed by atoms with Crippen molar-refractivity contribution in [1.29, 1.82) is 1.43 Å². The van der Waals surface area contributed by atoms with Crippen LogP contribution in [0.3, 0.4) is 0 Å². The topological polar surface area (TPSA) is 33.1 Å². The largest absolute Gasteiger partial charge is 0.506 e. The lowest BCUT2D eigenvalue weighted by atomic mass is 10.5. The molecule has 36 valence electrons. The molecule has 0 aromatic carbocycles. The summed E-state index contributed by atoms with van der Waals surface area (Å²) in [6, 6.07) is -0.886. The number of pyridine rings is 1. The molecule has 1 aromatic heterocycles. The minimum Gasteiger partial charge on any atom is -0.506 e. The first-order chi connectivity index (χ1) is 5.57.